The predicted molar refractivity (Wildman–Crippen MR) is 115 cm³/mol. The third-order valence-electron chi connectivity index (χ3n) is 6.76. The van der Waals surface area contributed by atoms with E-state index in [4.69, 9.17) is 11.6 Å². The molecule has 4 nitrogen and oxygen atoms in total. The van der Waals surface area contributed by atoms with Gasteiger partial charge in [0.1, 0.15) is 11.5 Å². The molecule has 1 fully saturated rings. The number of hydrogen-bond donors (Lipinski definition) is 1. The lowest BCUT2D eigenvalue weighted by atomic mass is 9.82. The van der Waals surface area contributed by atoms with Gasteiger partial charge in [0.25, 0.3) is 0 Å². The Balaban J connectivity index is 1.58. The molecule has 170 valence electrons. The second-order valence-electron chi connectivity index (χ2n) is 8.77. The smallest absolute Gasteiger partial charge is 0.356 e. The lowest BCUT2D eigenvalue weighted by Crippen LogP contribution is -2.38. The number of H-pyrrole nitrogens is 1. The molecule has 1 unspecified atom stereocenters. The van der Waals surface area contributed by atoms with Gasteiger partial charge < -0.3 is 9.88 Å². The Kier molecular flexibility index (Phi) is 5.51. The Morgan fingerprint density at radius 3 is 2.69 bits per heavy atom. The Hall–Kier alpha value is -2.35. The zero-order chi connectivity index (χ0) is 22.5. The van der Waals surface area contributed by atoms with Gasteiger partial charge in [0.05, 0.1) is 11.1 Å². The summed E-state index contributed by atoms with van der Waals surface area (Å²) in [4.78, 5) is 13.3. The van der Waals surface area contributed by atoms with Gasteiger partial charge in [-0.1, -0.05) is 43.7 Å². The maximum absolute atomic E-state index is 14.1. The average molecular weight is 467 g/mol. The minimum Gasteiger partial charge on any atom is -0.356 e. The van der Waals surface area contributed by atoms with Gasteiger partial charge in [-0.3, -0.25) is 0 Å². The molecule has 3 aromatic rings. The number of nitrogens with zero attached hydrogens (tertiary/aromatic N) is 3. The summed E-state index contributed by atoms with van der Waals surface area (Å²) in [5.41, 5.74) is 1.65. The number of rotatable bonds is 3. The monoisotopic (exact) mass is 466 g/mol. The van der Waals surface area contributed by atoms with E-state index in [2.05, 4.69) is 15.0 Å². The van der Waals surface area contributed by atoms with Crippen LogP contribution in [0.2, 0.25) is 5.02 Å². The number of alkyl halides is 3. The van der Waals surface area contributed by atoms with Crippen LogP contribution in [0.3, 0.4) is 0 Å². The summed E-state index contributed by atoms with van der Waals surface area (Å²) in [6, 6.07) is 3.71. The highest BCUT2D eigenvalue weighted by Crippen LogP contribution is 2.43. The summed E-state index contributed by atoms with van der Waals surface area (Å²) in [6.45, 7) is 0.480. The maximum Gasteiger partial charge on any atom is 0.433 e. The number of halogens is 5. The number of aromatic amines is 1. The Morgan fingerprint density at radius 2 is 1.94 bits per heavy atom. The lowest BCUT2D eigenvalue weighted by Gasteiger charge is -2.38. The zero-order valence-electron chi connectivity index (χ0n) is 17.4. The topological polar surface area (TPSA) is 44.8 Å². The lowest BCUT2D eigenvalue weighted by molar-refractivity contribution is -0.141. The van der Waals surface area contributed by atoms with E-state index < -0.39 is 17.7 Å². The van der Waals surface area contributed by atoms with Crippen LogP contribution in [0.1, 0.15) is 61.5 Å². The average Bonchev–Trinajstić information content (AvgIpc) is 3.12. The summed E-state index contributed by atoms with van der Waals surface area (Å²) in [6.07, 6.45) is 3.75. The molecule has 1 saturated carbocycles. The molecule has 2 aliphatic rings. The molecule has 0 spiro atoms. The van der Waals surface area contributed by atoms with E-state index in [1.54, 1.807) is 6.07 Å². The fraction of sp³-hybridized carbons (Fsp3) is 0.478. The molecule has 32 heavy (non-hydrogen) atoms. The van der Waals surface area contributed by atoms with Gasteiger partial charge in [0.15, 0.2) is 0 Å². The van der Waals surface area contributed by atoms with E-state index in [9.17, 15) is 17.6 Å². The predicted octanol–water partition coefficient (Wildman–Crippen LogP) is 6.84. The number of hydrogen-bond acceptors (Lipinski definition) is 3. The van der Waals surface area contributed by atoms with Crippen LogP contribution in [-0.2, 0) is 12.6 Å². The SMILES string of the molecule is Fc1cc2[nH]c3c(c2cc1Cl)CCN(c1nccc(C(F)(F)F)n1)C3CC1CCCCC1. The molecule has 0 radical (unpaired) electrons. The first kappa shape index (κ1) is 21.5. The maximum atomic E-state index is 14.1. The second-order valence-corrected chi connectivity index (χ2v) is 9.17. The highest BCUT2D eigenvalue weighted by Gasteiger charge is 2.37. The van der Waals surface area contributed by atoms with Crippen molar-refractivity contribution in [2.24, 2.45) is 5.92 Å². The minimum absolute atomic E-state index is 0.0618. The van der Waals surface area contributed by atoms with Gasteiger partial charge in [0.2, 0.25) is 5.95 Å². The van der Waals surface area contributed by atoms with Crippen molar-refractivity contribution < 1.29 is 17.6 Å². The molecule has 5 rings (SSSR count). The van der Waals surface area contributed by atoms with Gasteiger partial charge in [-0.25, -0.2) is 14.4 Å². The molecular formula is C23H23ClF4N4. The van der Waals surface area contributed by atoms with Crippen molar-refractivity contribution >= 4 is 28.5 Å². The zero-order valence-corrected chi connectivity index (χ0v) is 18.1. The molecule has 0 amide bonds. The largest absolute Gasteiger partial charge is 0.433 e. The summed E-state index contributed by atoms with van der Waals surface area (Å²) in [5.74, 6) is 0.0496. The van der Waals surface area contributed by atoms with Crippen molar-refractivity contribution in [3.8, 4) is 0 Å². The van der Waals surface area contributed by atoms with Crippen molar-refractivity contribution in [3.63, 3.8) is 0 Å². The molecular weight excluding hydrogens is 444 g/mol. The molecule has 0 saturated heterocycles. The first-order valence-electron chi connectivity index (χ1n) is 11.0. The number of anilines is 1. The van der Waals surface area contributed by atoms with E-state index in [0.29, 0.717) is 24.4 Å². The Morgan fingerprint density at radius 1 is 1.16 bits per heavy atom. The molecule has 1 aromatic carbocycles. The van der Waals surface area contributed by atoms with Gasteiger partial charge in [-0.2, -0.15) is 13.2 Å². The fourth-order valence-corrected chi connectivity index (χ4v) is 5.39. The molecule has 1 atom stereocenters. The van der Waals surface area contributed by atoms with Crippen molar-refractivity contribution in [1.29, 1.82) is 0 Å². The summed E-state index contributed by atoms with van der Waals surface area (Å²) in [7, 11) is 0. The standard InChI is InChI=1S/C23H23ClF4N4/c24-16-11-15-14-7-9-32(22-29-8-6-20(31-22)23(26,27)28)19(10-13-4-2-1-3-5-13)21(14)30-18(15)12-17(16)25/h6,8,11-13,19,30H,1-5,7,9-10H2. The van der Waals surface area contributed by atoms with Crippen molar-refractivity contribution in [2.45, 2.75) is 57.2 Å². The van der Waals surface area contributed by atoms with Crippen LogP contribution < -0.4 is 4.90 Å². The normalized spacial score (nSPS) is 20.0. The highest BCUT2D eigenvalue weighted by atomic mass is 35.5. The molecule has 9 heteroatoms. The highest BCUT2D eigenvalue weighted by molar-refractivity contribution is 6.31. The van der Waals surface area contributed by atoms with Crippen molar-refractivity contribution in [1.82, 2.24) is 15.0 Å². The van der Waals surface area contributed by atoms with Crippen LogP contribution in [0.25, 0.3) is 10.9 Å². The number of aromatic nitrogens is 3. The van der Waals surface area contributed by atoms with E-state index in [1.807, 2.05) is 4.90 Å². The van der Waals surface area contributed by atoms with E-state index in [0.717, 1.165) is 54.8 Å². The summed E-state index contributed by atoms with van der Waals surface area (Å²) in [5, 5.41) is 0.927. The summed E-state index contributed by atoms with van der Waals surface area (Å²) < 4.78 is 54.0. The summed E-state index contributed by atoms with van der Waals surface area (Å²) >= 11 is 6.04. The van der Waals surface area contributed by atoms with E-state index >= 15 is 0 Å². The number of benzene rings is 1. The molecule has 1 aliphatic carbocycles. The van der Waals surface area contributed by atoms with Gasteiger partial charge in [-0.05, 0) is 42.5 Å². The van der Waals surface area contributed by atoms with Crippen LogP contribution in [0.15, 0.2) is 24.4 Å². The van der Waals surface area contributed by atoms with Crippen LogP contribution >= 0.6 is 11.6 Å². The van der Waals surface area contributed by atoms with Crippen LogP contribution in [-0.4, -0.2) is 21.5 Å². The van der Waals surface area contributed by atoms with Crippen LogP contribution in [0.5, 0.6) is 0 Å². The molecule has 1 aliphatic heterocycles. The third kappa shape index (κ3) is 3.93. The molecule has 2 aromatic heterocycles. The number of nitrogens with one attached hydrogen (secondary N) is 1. The fourth-order valence-electron chi connectivity index (χ4n) is 5.23. The molecule has 3 heterocycles. The van der Waals surface area contributed by atoms with Crippen LogP contribution in [0, 0.1) is 11.7 Å². The molecule has 1 N–H and O–H groups in total. The van der Waals surface area contributed by atoms with E-state index in [-0.39, 0.29) is 17.0 Å². The van der Waals surface area contributed by atoms with E-state index in [1.165, 1.54) is 18.7 Å². The van der Waals surface area contributed by atoms with Gasteiger partial charge in [0, 0.05) is 29.3 Å². The first-order chi connectivity index (χ1) is 15.3. The number of fused-ring (bicyclic) bond motifs is 3. The minimum atomic E-state index is -4.53. The first-order valence-corrected chi connectivity index (χ1v) is 11.4. The van der Waals surface area contributed by atoms with Crippen LogP contribution in [0.4, 0.5) is 23.5 Å². The van der Waals surface area contributed by atoms with Gasteiger partial charge >= 0.3 is 6.18 Å². The quantitative estimate of drug-likeness (QED) is 0.429. The Bertz CT molecular complexity index is 1140. The second kappa shape index (κ2) is 8.21. The molecule has 0 bridgehead atoms. The van der Waals surface area contributed by atoms with Crippen molar-refractivity contribution in [3.05, 3.63) is 52.2 Å². The van der Waals surface area contributed by atoms with Crippen molar-refractivity contribution in [2.75, 3.05) is 11.4 Å². The third-order valence-corrected chi connectivity index (χ3v) is 7.05. The Labute approximate surface area is 188 Å². The van der Waals surface area contributed by atoms with Gasteiger partial charge in [-0.15, -0.1) is 0 Å².